The molecule has 4 nitrogen and oxygen atoms in total. The summed E-state index contributed by atoms with van der Waals surface area (Å²) in [4.78, 5) is 14.2. The standard InChI is InChI=1S/C17H27N3O.2ClH/c1-3-20(4-2)13-15-6-5-7-16(10-15)19-17(21)12-18-11-14-8-9-14;;/h5-7,10,14,18H,3-4,8-9,11-13H2,1-2H3,(H,19,21);2*1H. The number of halogens is 2. The maximum atomic E-state index is 11.9. The first kappa shape index (κ1) is 22.2. The lowest BCUT2D eigenvalue weighted by atomic mass is 10.2. The number of nitrogens with one attached hydrogen (secondary N) is 2. The van der Waals surface area contributed by atoms with Crippen molar-refractivity contribution in [3.63, 3.8) is 0 Å². The van der Waals surface area contributed by atoms with Crippen LogP contribution >= 0.6 is 24.8 Å². The number of hydrogen-bond acceptors (Lipinski definition) is 3. The average molecular weight is 362 g/mol. The van der Waals surface area contributed by atoms with E-state index in [4.69, 9.17) is 0 Å². The van der Waals surface area contributed by atoms with Crippen LogP contribution in [0.2, 0.25) is 0 Å². The van der Waals surface area contributed by atoms with E-state index in [9.17, 15) is 4.79 Å². The van der Waals surface area contributed by atoms with Gasteiger partial charge in [0.1, 0.15) is 0 Å². The van der Waals surface area contributed by atoms with Crippen LogP contribution in [0.15, 0.2) is 24.3 Å². The molecule has 0 spiro atoms. The van der Waals surface area contributed by atoms with E-state index in [2.05, 4.69) is 41.5 Å². The third kappa shape index (κ3) is 8.56. The molecule has 0 bridgehead atoms. The van der Waals surface area contributed by atoms with Gasteiger partial charge in [-0.05, 0) is 56.1 Å². The van der Waals surface area contributed by atoms with Crippen LogP contribution < -0.4 is 10.6 Å². The molecule has 0 aromatic heterocycles. The van der Waals surface area contributed by atoms with Gasteiger partial charge in [0, 0.05) is 12.2 Å². The Morgan fingerprint density at radius 2 is 1.91 bits per heavy atom. The zero-order chi connectivity index (χ0) is 15.1. The van der Waals surface area contributed by atoms with Crippen LogP contribution in [-0.4, -0.2) is 37.0 Å². The Bertz CT molecular complexity index is 463. The predicted octanol–water partition coefficient (Wildman–Crippen LogP) is 3.31. The molecule has 0 atom stereocenters. The van der Waals surface area contributed by atoms with Crippen LogP contribution in [0.4, 0.5) is 5.69 Å². The Labute approximate surface area is 152 Å². The molecule has 0 unspecified atom stereocenters. The van der Waals surface area contributed by atoms with Gasteiger partial charge >= 0.3 is 0 Å². The van der Waals surface area contributed by atoms with Crippen LogP contribution in [0.3, 0.4) is 0 Å². The van der Waals surface area contributed by atoms with Gasteiger partial charge in [-0.3, -0.25) is 9.69 Å². The maximum absolute atomic E-state index is 11.9. The third-order valence-corrected chi connectivity index (χ3v) is 3.93. The summed E-state index contributed by atoms with van der Waals surface area (Å²) < 4.78 is 0. The lowest BCUT2D eigenvalue weighted by Gasteiger charge is -2.18. The van der Waals surface area contributed by atoms with Crippen molar-refractivity contribution in [3.05, 3.63) is 29.8 Å². The summed E-state index contributed by atoms with van der Waals surface area (Å²) in [5.74, 6) is 0.839. The second kappa shape index (κ2) is 11.7. The molecule has 0 radical (unpaired) electrons. The van der Waals surface area contributed by atoms with Crippen molar-refractivity contribution in [1.82, 2.24) is 10.2 Å². The van der Waals surface area contributed by atoms with Crippen molar-refractivity contribution in [2.75, 3.05) is 31.5 Å². The van der Waals surface area contributed by atoms with E-state index < -0.39 is 0 Å². The van der Waals surface area contributed by atoms with E-state index in [1.807, 2.05) is 12.1 Å². The number of nitrogens with zero attached hydrogens (tertiary/aromatic N) is 1. The van der Waals surface area contributed by atoms with Gasteiger partial charge < -0.3 is 10.6 Å². The Kier molecular flexibility index (Phi) is 11.3. The molecule has 0 heterocycles. The molecule has 2 N–H and O–H groups in total. The van der Waals surface area contributed by atoms with Crippen LogP contribution in [0.25, 0.3) is 0 Å². The number of rotatable bonds is 9. The zero-order valence-electron chi connectivity index (χ0n) is 14.0. The van der Waals surface area contributed by atoms with Crippen molar-refractivity contribution in [2.45, 2.75) is 33.2 Å². The molecule has 1 aromatic carbocycles. The number of anilines is 1. The van der Waals surface area contributed by atoms with Crippen molar-refractivity contribution < 1.29 is 4.79 Å². The lowest BCUT2D eigenvalue weighted by Crippen LogP contribution is -2.29. The van der Waals surface area contributed by atoms with Crippen LogP contribution in [0.5, 0.6) is 0 Å². The molecule has 6 heteroatoms. The fraction of sp³-hybridized carbons (Fsp3) is 0.588. The highest BCUT2D eigenvalue weighted by atomic mass is 35.5. The molecule has 132 valence electrons. The van der Waals surface area contributed by atoms with E-state index in [0.29, 0.717) is 6.54 Å². The van der Waals surface area contributed by atoms with E-state index >= 15 is 0 Å². The summed E-state index contributed by atoms with van der Waals surface area (Å²) in [5, 5.41) is 6.18. The Morgan fingerprint density at radius 1 is 1.22 bits per heavy atom. The Balaban J connectivity index is 0.00000242. The summed E-state index contributed by atoms with van der Waals surface area (Å²) in [5.41, 5.74) is 2.13. The monoisotopic (exact) mass is 361 g/mol. The van der Waals surface area contributed by atoms with E-state index in [1.165, 1.54) is 18.4 Å². The SMILES string of the molecule is CCN(CC)Cc1cccc(NC(=O)CNCC2CC2)c1.Cl.Cl. The minimum Gasteiger partial charge on any atom is -0.325 e. The summed E-state index contributed by atoms with van der Waals surface area (Å²) in [6, 6.07) is 8.13. The molecular weight excluding hydrogens is 333 g/mol. The van der Waals surface area contributed by atoms with Gasteiger partial charge in [0.15, 0.2) is 0 Å². The largest absolute Gasteiger partial charge is 0.325 e. The second-order valence-corrected chi connectivity index (χ2v) is 5.78. The smallest absolute Gasteiger partial charge is 0.238 e. The van der Waals surface area contributed by atoms with Gasteiger partial charge in [-0.1, -0.05) is 26.0 Å². The minimum atomic E-state index is 0. The number of benzene rings is 1. The normalized spacial score (nSPS) is 13.2. The molecule has 1 saturated carbocycles. The molecule has 23 heavy (non-hydrogen) atoms. The summed E-state index contributed by atoms with van der Waals surface area (Å²) in [7, 11) is 0. The summed E-state index contributed by atoms with van der Waals surface area (Å²) >= 11 is 0. The number of carbonyl (C=O) groups is 1. The first-order valence-corrected chi connectivity index (χ1v) is 8.03. The van der Waals surface area contributed by atoms with E-state index in [-0.39, 0.29) is 30.7 Å². The molecule has 0 saturated heterocycles. The topological polar surface area (TPSA) is 44.4 Å². The van der Waals surface area contributed by atoms with Crippen LogP contribution in [0, 0.1) is 5.92 Å². The van der Waals surface area contributed by atoms with E-state index in [1.54, 1.807) is 0 Å². The van der Waals surface area contributed by atoms with Gasteiger partial charge in [-0.25, -0.2) is 0 Å². The number of amides is 1. The average Bonchev–Trinajstić information content (AvgIpc) is 3.29. The van der Waals surface area contributed by atoms with Crippen LogP contribution in [0.1, 0.15) is 32.3 Å². The van der Waals surface area contributed by atoms with E-state index in [0.717, 1.165) is 37.8 Å². The quantitative estimate of drug-likeness (QED) is 0.708. The molecule has 1 amide bonds. The minimum absolute atomic E-state index is 0. The molecule has 1 fully saturated rings. The first-order chi connectivity index (χ1) is 10.2. The summed E-state index contributed by atoms with van der Waals surface area (Å²) in [6.07, 6.45) is 2.62. The van der Waals surface area contributed by atoms with Crippen molar-refractivity contribution >= 4 is 36.4 Å². The Hall–Kier alpha value is -0.810. The highest BCUT2D eigenvalue weighted by molar-refractivity contribution is 5.92. The van der Waals surface area contributed by atoms with Gasteiger partial charge in [0.05, 0.1) is 6.54 Å². The van der Waals surface area contributed by atoms with Gasteiger partial charge in [-0.15, -0.1) is 24.8 Å². The zero-order valence-corrected chi connectivity index (χ0v) is 15.6. The molecule has 1 aromatic rings. The van der Waals surface area contributed by atoms with Crippen molar-refractivity contribution in [2.24, 2.45) is 5.92 Å². The molecule has 1 aliphatic carbocycles. The highest BCUT2D eigenvalue weighted by Crippen LogP contribution is 2.27. The molecule has 2 rings (SSSR count). The molecular formula is C17H29Cl2N3O. The first-order valence-electron chi connectivity index (χ1n) is 8.03. The van der Waals surface area contributed by atoms with Gasteiger partial charge in [0.2, 0.25) is 5.91 Å². The Morgan fingerprint density at radius 3 is 2.52 bits per heavy atom. The fourth-order valence-corrected chi connectivity index (χ4v) is 2.37. The molecule has 1 aliphatic rings. The third-order valence-electron chi connectivity index (χ3n) is 3.93. The highest BCUT2D eigenvalue weighted by Gasteiger charge is 2.20. The number of hydrogen-bond donors (Lipinski definition) is 2. The molecule has 0 aliphatic heterocycles. The van der Waals surface area contributed by atoms with Gasteiger partial charge in [-0.2, -0.15) is 0 Å². The van der Waals surface area contributed by atoms with Gasteiger partial charge in [0.25, 0.3) is 0 Å². The van der Waals surface area contributed by atoms with Crippen LogP contribution in [-0.2, 0) is 11.3 Å². The summed E-state index contributed by atoms with van der Waals surface area (Å²) in [6.45, 7) is 8.71. The van der Waals surface area contributed by atoms with Crippen molar-refractivity contribution in [3.8, 4) is 0 Å². The lowest BCUT2D eigenvalue weighted by molar-refractivity contribution is -0.115. The predicted molar refractivity (Wildman–Crippen MR) is 102 cm³/mol. The second-order valence-electron chi connectivity index (χ2n) is 5.78. The fourth-order valence-electron chi connectivity index (χ4n) is 2.37. The van der Waals surface area contributed by atoms with Crippen molar-refractivity contribution in [1.29, 1.82) is 0 Å². The maximum Gasteiger partial charge on any atom is 0.238 e. The number of carbonyl (C=O) groups excluding carboxylic acids is 1.